The molecule has 0 aromatic carbocycles. The van der Waals surface area contributed by atoms with Gasteiger partial charge in [0.15, 0.2) is 0 Å². The maximum Gasteiger partial charge on any atom is 0.308 e. The quantitative estimate of drug-likeness (QED) is 0.650. The van der Waals surface area contributed by atoms with Gasteiger partial charge in [0.2, 0.25) is 0 Å². The van der Waals surface area contributed by atoms with Gasteiger partial charge in [-0.1, -0.05) is 0 Å². The average molecular weight is 222 g/mol. The lowest BCUT2D eigenvalue weighted by molar-refractivity contribution is -0.157. The van der Waals surface area contributed by atoms with Crippen molar-refractivity contribution in [2.45, 2.75) is 25.0 Å². The Morgan fingerprint density at radius 3 is 2.43 bits per heavy atom. The zero-order chi connectivity index (χ0) is 9.26. The number of hydrogen-bond donors (Lipinski definition) is 1. The van der Waals surface area contributed by atoms with Gasteiger partial charge in [-0.2, -0.15) is 0 Å². The Morgan fingerprint density at radius 2 is 1.93 bits per heavy atom. The molecule has 2 atom stereocenters. The lowest BCUT2D eigenvalue weighted by Gasteiger charge is -2.38. The third-order valence-electron chi connectivity index (χ3n) is 2.76. The molecule has 0 aromatic rings. The van der Waals surface area contributed by atoms with E-state index >= 15 is 0 Å². The Labute approximate surface area is 89.7 Å². The lowest BCUT2D eigenvalue weighted by atomic mass is 9.90. The molecule has 4 nitrogen and oxygen atoms in total. The molecular weight excluding hydrogens is 206 g/mol. The van der Waals surface area contributed by atoms with E-state index in [0.29, 0.717) is 0 Å². The van der Waals surface area contributed by atoms with E-state index in [4.69, 9.17) is 9.47 Å². The topological polar surface area (TPSA) is 47.6 Å². The smallest absolute Gasteiger partial charge is 0.308 e. The van der Waals surface area contributed by atoms with Gasteiger partial charge in [-0.15, -0.1) is 12.4 Å². The van der Waals surface area contributed by atoms with E-state index in [1.54, 1.807) is 0 Å². The van der Waals surface area contributed by atoms with Crippen molar-refractivity contribution in [1.29, 1.82) is 0 Å². The molecule has 2 aliphatic rings. The van der Waals surface area contributed by atoms with Gasteiger partial charge in [0.25, 0.3) is 0 Å². The molecule has 2 heterocycles. The molecule has 14 heavy (non-hydrogen) atoms. The molecule has 0 aromatic heterocycles. The summed E-state index contributed by atoms with van der Waals surface area (Å²) in [6, 6.07) is 0. The molecule has 82 valence electrons. The molecule has 2 saturated heterocycles. The third kappa shape index (κ3) is 2.38. The van der Waals surface area contributed by atoms with E-state index in [1.165, 1.54) is 7.11 Å². The van der Waals surface area contributed by atoms with Crippen LogP contribution in [-0.2, 0) is 14.3 Å². The maximum atomic E-state index is 11.3. The molecular formula is C9H16ClNO3. The predicted octanol–water partition coefficient (Wildman–Crippen LogP) is 0.348. The summed E-state index contributed by atoms with van der Waals surface area (Å²) in [6.45, 7) is 1.73. The van der Waals surface area contributed by atoms with E-state index in [0.717, 1.165) is 25.9 Å². The minimum absolute atomic E-state index is 0. The van der Waals surface area contributed by atoms with Crippen LogP contribution in [-0.4, -0.2) is 38.4 Å². The standard InChI is InChI=1S/C9H15NO3.ClH/c1-12-9(11)6-2-7-4-10-5-8(3-6)13-7;/h6-8,10H,2-5H2,1H3;1H. The van der Waals surface area contributed by atoms with Gasteiger partial charge in [0.1, 0.15) is 0 Å². The van der Waals surface area contributed by atoms with Gasteiger partial charge < -0.3 is 14.8 Å². The van der Waals surface area contributed by atoms with E-state index in [1.807, 2.05) is 0 Å². The van der Waals surface area contributed by atoms with Gasteiger partial charge in [-0.3, -0.25) is 4.79 Å². The SMILES string of the molecule is COC(=O)C1CC2CNCC(C1)O2.Cl. The Balaban J connectivity index is 0.000000980. The number of halogens is 1. The number of carbonyl (C=O) groups excluding carboxylic acids is 1. The van der Waals surface area contributed by atoms with Gasteiger partial charge in [-0.05, 0) is 12.8 Å². The number of rotatable bonds is 1. The summed E-state index contributed by atoms with van der Waals surface area (Å²) in [7, 11) is 1.45. The minimum Gasteiger partial charge on any atom is -0.469 e. The molecule has 0 radical (unpaired) electrons. The summed E-state index contributed by atoms with van der Waals surface area (Å²) in [5.41, 5.74) is 0. The van der Waals surface area contributed by atoms with E-state index in [-0.39, 0.29) is 36.5 Å². The Kier molecular flexibility index (Phi) is 4.16. The molecule has 2 aliphatic heterocycles. The number of nitrogens with one attached hydrogen (secondary N) is 1. The molecule has 0 spiro atoms. The zero-order valence-electron chi connectivity index (χ0n) is 8.19. The van der Waals surface area contributed by atoms with E-state index in [9.17, 15) is 4.79 Å². The fraction of sp³-hybridized carbons (Fsp3) is 0.889. The number of esters is 1. The van der Waals surface area contributed by atoms with Crippen LogP contribution in [0.1, 0.15) is 12.8 Å². The summed E-state index contributed by atoms with van der Waals surface area (Å²) in [5, 5.41) is 3.29. The number of methoxy groups -OCH3 is 1. The first-order valence-corrected chi connectivity index (χ1v) is 4.73. The van der Waals surface area contributed by atoms with Crippen LogP contribution in [0.25, 0.3) is 0 Å². The predicted molar refractivity (Wildman–Crippen MR) is 53.5 cm³/mol. The number of carbonyl (C=O) groups is 1. The fourth-order valence-electron chi connectivity index (χ4n) is 2.14. The molecule has 0 aliphatic carbocycles. The van der Waals surface area contributed by atoms with Crippen LogP contribution in [0.3, 0.4) is 0 Å². The van der Waals surface area contributed by atoms with Crippen LogP contribution in [0.5, 0.6) is 0 Å². The fourth-order valence-corrected chi connectivity index (χ4v) is 2.14. The Morgan fingerprint density at radius 1 is 1.36 bits per heavy atom. The molecule has 5 heteroatoms. The summed E-state index contributed by atoms with van der Waals surface area (Å²) in [6.07, 6.45) is 2.01. The average Bonchev–Trinajstić information content (AvgIpc) is 2.16. The highest BCUT2D eigenvalue weighted by Gasteiger charge is 2.36. The monoisotopic (exact) mass is 221 g/mol. The second kappa shape index (κ2) is 4.96. The summed E-state index contributed by atoms with van der Waals surface area (Å²) < 4.78 is 10.4. The van der Waals surface area contributed by atoms with Gasteiger partial charge in [0.05, 0.1) is 25.2 Å². The number of hydrogen-bond acceptors (Lipinski definition) is 4. The molecule has 2 unspecified atom stereocenters. The highest BCUT2D eigenvalue weighted by atomic mass is 35.5. The Hall–Kier alpha value is -0.320. The van der Waals surface area contributed by atoms with Crippen molar-refractivity contribution >= 4 is 18.4 Å². The highest BCUT2D eigenvalue weighted by Crippen LogP contribution is 2.27. The normalized spacial score (nSPS) is 35.6. The number of ether oxygens (including phenoxy) is 2. The molecule has 1 N–H and O–H groups in total. The summed E-state index contributed by atoms with van der Waals surface area (Å²) in [4.78, 5) is 11.3. The second-order valence-corrected chi connectivity index (χ2v) is 3.73. The maximum absolute atomic E-state index is 11.3. The van der Waals surface area contributed by atoms with Crippen molar-refractivity contribution < 1.29 is 14.3 Å². The first kappa shape index (κ1) is 11.8. The van der Waals surface area contributed by atoms with Crippen molar-refractivity contribution in [3.05, 3.63) is 0 Å². The molecule has 2 rings (SSSR count). The number of morpholine rings is 1. The van der Waals surface area contributed by atoms with Crippen LogP contribution in [0.2, 0.25) is 0 Å². The van der Waals surface area contributed by atoms with Gasteiger partial charge in [0, 0.05) is 13.1 Å². The first-order valence-electron chi connectivity index (χ1n) is 4.73. The lowest BCUT2D eigenvalue weighted by Crippen LogP contribution is -2.50. The van der Waals surface area contributed by atoms with Crippen LogP contribution in [0.4, 0.5) is 0 Å². The number of fused-ring (bicyclic) bond motifs is 2. The molecule has 0 saturated carbocycles. The van der Waals surface area contributed by atoms with Crippen LogP contribution < -0.4 is 5.32 Å². The van der Waals surface area contributed by atoms with Crippen LogP contribution in [0.15, 0.2) is 0 Å². The van der Waals surface area contributed by atoms with Crippen molar-refractivity contribution in [3.8, 4) is 0 Å². The first-order chi connectivity index (χ1) is 6.29. The Bertz CT molecular complexity index is 200. The summed E-state index contributed by atoms with van der Waals surface area (Å²) in [5.74, 6) is -0.0314. The largest absolute Gasteiger partial charge is 0.469 e. The molecule has 2 fully saturated rings. The third-order valence-corrected chi connectivity index (χ3v) is 2.76. The second-order valence-electron chi connectivity index (χ2n) is 3.73. The van der Waals surface area contributed by atoms with E-state index < -0.39 is 0 Å². The van der Waals surface area contributed by atoms with Crippen molar-refractivity contribution in [3.63, 3.8) is 0 Å². The van der Waals surface area contributed by atoms with Gasteiger partial charge >= 0.3 is 5.97 Å². The van der Waals surface area contributed by atoms with E-state index in [2.05, 4.69) is 5.32 Å². The molecule has 2 bridgehead atoms. The highest BCUT2D eigenvalue weighted by molar-refractivity contribution is 5.85. The molecule has 0 amide bonds. The van der Waals surface area contributed by atoms with Crippen molar-refractivity contribution in [2.24, 2.45) is 5.92 Å². The van der Waals surface area contributed by atoms with Crippen molar-refractivity contribution in [2.75, 3.05) is 20.2 Å². The van der Waals surface area contributed by atoms with Crippen molar-refractivity contribution in [1.82, 2.24) is 5.32 Å². The minimum atomic E-state index is -0.0831. The zero-order valence-corrected chi connectivity index (χ0v) is 9.01. The summed E-state index contributed by atoms with van der Waals surface area (Å²) >= 11 is 0. The van der Waals surface area contributed by atoms with Crippen LogP contribution >= 0.6 is 12.4 Å². The van der Waals surface area contributed by atoms with Gasteiger partial charge in [-0.25, -0.2) is 0 Å². The van der Waals surface area contributed by atoms with Crippen LogP contribution in [0, 0.1) is 5.92 Å².